The lowest BCUT2D eigenvalue weighted by molar-refractivity contribution is -0.116. The third-order valence-electron chi connectivity index (χ3n) is 2.75. The fourth-order valence-electron chi connectivity index (χ4n) is 1.67. The molecule has 1 aromatic rings. The zero-order valence-corrected chi connectivity index (χ0v) is 9.31. The van der Waals surface area contributed by atoms with E-state index in [1.54, 1.807) is 12.2 Å². The van der Waals surface area contributed by atoms with Crippen LogP contribution in [0.1, 0.15) is 18.4 Å². The van der Waals surface area contributed by atoms with Crippen molar-refractivity contribution in [1.82, 2.24) is 5.32 Å². The predicted octanol–water partition coefficient (Wildman–Crippen LogP) is 1.71. The molecule has 1 amide bonds. The van der Waals surface area contributed by atoms with Gasteiger partial charge in [-0.2, -0.15) is 0 Å². The largest absolute Gasteiger partial charge is 0.454 e. The van der Waals surface area contributed by atoms with Gasteiger partial charge in [0.25, 0.3) is 0 Å². The summed E-state index contributed by atoms with van der Waals surface area (Å²) in [6, 6.07) is 6.00. The molecule has 2 aliphatic rings. The van der Waals surface area contributed by atoms with Gasteiger partial charge in [-0.1, -0.05) is 6.07 Å². The van der Waals surface area contributed by atoms with Crippen LogP contribution in [0.4, 0.5) is 0 Å². The van der Waals surface area contributed by atoms with Gasteiger partial charge in [0.1, 0.15) is 0 Å². The molecule has 88 valence electrons. The first kappa shape index (κ1) is 10.2. The Morgan fingerprint density at radius 1 is 1.29 bits per heavy atom. The second-order valence-electron chi connectivity index (χ2n) is 4.23. The van der Waals surface area contributed by atoms with Gasteiger partial charge in [0.05, 0.1) is 0 Å². The van der Waals surface area contributed by atoms with E-state index in [9.17, 15) is 4.79 Å². The molecule has 0 spiro atoms. The maximum Gasteiger partial charge on any atom is 0.244 e. The van der Waals surface area contributed by atoms with Gasteiger partial charge in [0, 0.05) is 12.1 Å². The Labute approximate surface area is 99.2 Å². The van der Waals surface area contributed by atoms with Crippen LogP contribution in [-0.2, 0) is 4.79 Å². The van der Waals surface area contributed by atoms with E-state index < -0.39 is 0 Å². The number of carbonyl (C=O) groups excluding carboxylic acids is 1. The van der Waals surface area contributed by atoms with Crippen LogP contribution in [0.3, 0.4) is 0 Å². The molecule has 1 aromatic carbocycles. The molecule has 3 rings (SSSR count). The lowest BCUT2D eigenvalue weighted by atomic mass is 10.2. The van der Waals surface area contributed by atoms with Crippen LogP contribution < -0.4 is 14.8 Å². The topological polar surface area (TPSA) is 47.6 Å². The molecule has 1 aliphatic carbocycles. The first-order valence-electron chi connectivity index (χ1n) is 5.69. The minimum absolute atomic E-state index is 0.0369. The summed E-state index contributed by atoms with van der Waals surface area (Å²) in [5, 5.41) is 2.89. The van der Waals surface area contributed by atoms with Crippen LogP contribution in [0.15, 0.2) is 24.3 Å². The Morgan fingerprint density at radius 2 is 2.12 bits per heavy atom. The Balaban J connectivity index is 1.67. The lowest BCUT2D eigenvalue weighted by Gasteiger charge is -1.98. The molecule has 1 N–H and O–H groups in total. The summed E-state index contributed by atoms with van der Waals surface area (Å²) in [6.07, 6.45) is 5.53. The van der Waals surface area contributed by atoms with E-state index >= 15 is 0 Å². The van der Waals surface area contributed by atoms with Crippen molar-refractivity contribution >= 4 is 12.0 Å². The monoisotopic (exact) mass is 231 g/mol. The predicted molar refractivity (Wildman–Crippen MR) is 62.8 cm³/mol. The van der Waals surface area contributed by atoms with Gasteiger partial charge in [0.15, 0.2) is 11.5 Å². The zero-order chi connectivity index (χ0) is 11.7. The Morgan fingerprint density at radius 3 is 2.94 bits per heavy atom. The molecule has 1 heterocycles. The van der Waals surface area contributed by atoms with Crippen LogP contribution in [0.2, 0.25) is 0 Å². The summed E-state index contributed by atoms with van der Waals surface area (Å²) in [5.74, 6) is 1.45. The number of hydrogen-bond donors (Lipinski definition) is 1. The van der Waals surface area contributed by atoms with Crippen LogP contribution in [0.5, 0.6) is 11.5 Å². The van der Waals surface area contributed by atoms with E-state index in [0.717, 1.165) is 29.9 Å². The summed E-state index contributed by atoms with van der Waals surface area (Å²) in [6.45, 7) is 0.269. The maximum atomic E-state index is 11.4. The minimum atomic E-state index is -0.0369. The highest BCUT2D eigenvalue weighted by Gasteiger charge is 2.22. The molecule has 0 saturated heterocycles. The molecule has 1 aliphatic heterocycles. The molecule has 1 fully saturated rings. The van der Waals surface area contributed by atoms with E-state index in [4.69, 9.17) is 9.47 Å². The minimum Gasteiger partial charge on any atom is -0.454 e. The Kier molecular flexibility index (Phi) is 2.48. The lowest BCUT2D eigenvalue weighted by Crippen LogP contribution is -2.22. The van der Waals surface area contributed by atoms with Gasteiger partial charge in [-0.05, 0) is 36.6 Å². The Bertz CT molecular complexity index is 478. The van der Waals surface area contributed by atoms with Crippen molar-refractivity contribution in [2.75, 3.05) is 6.79 Å². The average molecular weight is 231 g/mol. The molecule has 1 saturated carbocycles. The maximum absolute atomic E-state index is 11.4. The van der Waals surface area contributed by atoms with Crippen LogP contribution in [0, 0.1) is 0 Å². The molecule has 0 aromatic heterocycles. The first-order chi connectivity index (χ1) is 8.31. The smallest absolute Gasteiger partial charge is 0.244 e. The third-order valence-corrected chi connectivity index (χ3v) is 2.75. The number of benzene rings is 1. The highest BCUT2D eigenvalue weighted by atomic mass is 16.7. The number of nitrogens with one attached hydrogen (secondary N) is 1. The van der Waals surface area contributed by atoms with Crippen LogP contribution >= 0.6 is 0 Å². The van der Waals surface area contributed by atoms with Crippen molar-refractivity contribution in [3.05, 3.63) is 29.8 Å². The number of fused-ring (bicyclic) bond motifs is 1. The summed E-state index contributed by atoms with van der Waals surface area (Å²) in [5.41, 5.74) is 0.931. The normalized spacial score (nSPS) is 17.4. The molecule has 0 bridgehead atoms. The molecule has 0 radical (unpaired) electrons. The number of rotatable bonds is 3. The van der Waals surface area contributed by atoms with Crippen molar-refractivity contribution in [2.24, 2.45) is 0 Å². The molecular formula is C13H13NO3. The second kappa shape index (κ2) is 4.13. The molecular weight excluding hydrogens is 218 g/mol. The standard InChI is InChI=1S/C13H13NO3/c15-13(14-10-3-4-10)6-2-9-1-5-11-12(7-9)17-8-16-11/h1-2,5-7,10H,3-4,8H2,(H,14,15). The summed E-state index contributed by atoms with van der Waals surface area (Å²) >= 11 is 0. The second-order valence-corrected chi connectivity index (χ2v) is 4.23. The van der Waals surface area contributed by atoms with Gasteiger partial charge >= 0.3 is 0 Å². The molecule has 17 heavy (non-hydrogen) atoms. The van der Waals surface area contributed by atoms with Gasteiger partial charge in [0.2, 0.25) is 12.7 Å². The number of hydrogen-bond acceptors (Lipinski definition) is 3. The fourth-order valence-corrected chi connectivity index (χ4v) is 1.67. The van der Waals surface area contributed by atoms with E-state index in [1.807, 2.05) is 18.2 Å². The zero-order valence-electron chi connectivity index (χ0n) is 9.31. The van der Waals surface area contributed by atoms with E-state index in [1.165, 1.54) is 0 Å². The summed E-state index contributed by atoms with van der Waals surface area (Å²) in [4.78, 5) is 11.4. The highest BCUT2D eigenvalue weighted by Crippen LogP contribution is 2.32. The van der Waals surface area contributed by atoms with E-state index in [2.05, 4.69) is 5.32 Å². The average Bonchev–Trinajstić information content (AvgIpc) is 3.01. The Hall–Kier alpha value is -1.97. The summed E-state index contributed by atoms with van der Waals surface area (Å²) in [7, 11) is 0. The van der Waals surface area contributed by atoms with Crippen molar-refractivity contribution in [1.29, 1.82) is 0 Å². The van der Waals surface area contributed by atoms with Gasteiger partial charge in [-0.15, -0.1) is 0 Å². The van der Waals surface area contributed by atoms with Gasteiger partial charge in [-0.25, -0.2) is 0 Å². The van der Waals surface area contributed by atoms with Crippen molar-refractivity contribution in [2.45, 2.75) is 18.9 Å². The van der Waals surface area contributed by atoms with Crippen molar-refractivity contribution in [3.8, 4) is 11.5 Å². The van der Waals surface area contributed by atoms with E-state index in [0.29, 0.717) is 6.04 Å². The molecule has 4 nitrogen and oxygen atoms in total. The van der Waals surface area contributed by atoms with Crippen LogP contribution in [-0.4, -0.2) is 18.7 Å². The summed E-state index contributed by atoms with van der Waals surface area (Å²) < 4.78 is 10.5. The molecule has 0 unspecified atom stereocenters. The van der Waals surface area contributed by atoms with Crippen molar-refractivity contribution < 1.29 is 14.3 Å². The third kappa shape index (κ3) is 2.41. The fraction of sp³-hybridized carbons (Fsp3) is 0.308. The highest BCUT2D eigenvalue weighted by molar-refractivity contribution is 5.92. The quantitative estimate of drug-likeness (QED) is 0.805. The van der Waals surface area contributed by atoms with E-state index in [-0.39, 0.29) is 12.7 Å². The molecule has 4 heteroatoms. The van der Waals surface area contributed by atoms with Crippen molar-refractivity contribution in [3.63, 3.8) is 0 Å². The number of amides is 1. The molecule has 0 atom stereocenters. The first-order valence-corrected chi connectivity index (χ1v) is 5.69. The number of carbonyl (C=O) groups is 1. The SMILES string of the molecule is O=C(C=Cc1ccc2c(c1)OCO2)NC1CC1. The number of ether oxygens (including phenoxy) is 2. The van der Waals surface area contributed by atoms with Crippen LogP contribution in [0.25, 0.3) is 6.08 Å². The van der Waals surface area contributed by atoms with Gasteiger partial charge in [-0.3, -0.25) is 4.79 Å². The van der Waals surface area contributed by atoms with Gasteiger partial charge < -0.3 is 14.8 Å².